The van der Waals surface area contributed by atoms with Crippen molar-refractivity contribution in [2.75, 3.05) is 0 Å². The van der Waals surface area contributed by atoms with E-state index < -0.39 is 5.60 Å². The Kier molecular flexibility index (Phi) is 2.44. The van der Waals surface area contributed by atoms with E-state index in [4.69, 9.17) is 4.74 Å². The molecule has 0 spiro atoms. The van der Waals surface area contributed by atoms with Crippen LogP contribution in [-0.4, -0.2) is 22.8 Å². The van der Waals surface area contributed by atoms with Gasteiger partial charge in [0.15, 0.2) is 0 Å². The molecule has 3 rings (SSSR count). The highest BCUT2D eigenvalue weighted by Gasteiger charge is 2.58. The first kappa shape index (κ1) is 12.2. The van der Waals surface area contributed by atoms with Crippen molar-refractivity contribution in [3.8, 4) is 0 Å². The third-order valence-corrected chi connectivity index (χ3v) is 5.75. The summed E-state index contributed by atoms with van der Waals surface area (Å²) in [4.78, 5) is 11.7. The Morgan fingerprint density at radius 2 is 2.17 bits per heavy atom. The van der Waals surface area contributed by atoms with E-state index >= 15 is 0 Å². The molecule has 2 saturated carbocycles. The zero-order valence-electron chi connectivity index (χ0n) is 11.5. The molecule has 1 N–H and O–H groups in total. The predicted octanol–water partition coefficient (Wildman–Crippen LogP) is 2.58. The van der Waals surface area contributed by atoms with Gasteiger partial charge in [-0.15, -0.1) is 0 Å². The van der Waals surface area contributed by atoms with Gasteiger partial charge in [0.05, 0.1) is 5.60 Å². The number of ether oxygens (including phenoxy) is 1. The summed E-state index contributed by atoms with van der Waals surface area (Å²) in [5.74, 6) is 0.113. The van der Waals surface area contributed by atoms with Gasteiger partial charge in [-0.05, 0) is 37.7 Å². The lowest BCUT2D eigenvalue weighted by Gasteiger charge is -2.56. The monoisotopic (exact) mass is 250 g/mol. The SMILES string of the molecule is CC1=C2C[C@]3(O)[C@@H](C)CCC[C@@]3(C)C[C@@H]2OC1=O. The smallest absolute Gasteiger partial charge is 0.334 e. The Balaban J connectivity index is 2.03. The van der Waals surface area contributed by atoms with E-state index in [2.05, 4.69) is 13.8 Å². The maximum absolute atomic E-state index is 11.7. The van der Waals surface area contributed by atoms with Crippen LogP contribution in [0.15, 0.2) is 11.1 Å². The normalized spacial score (nSPS) is 47.7. The lowest BCUT2D eigenvalue weighted by molar-refractivity contribution is -0.174. The molecule has 0 unspecified atom stereocenters. The van der Waals surface area contributed by atoms with E-state index in [9.17, 15) is 9.90 Å². The van der Waals surface area contributed by atoms with Crippen LogP contribution in [0.5, 0.6) is 0 Å². The fraction of sp³-hybridized carbons (Fsp3) is 0.800. The van der Waals surface area contributed by atoms with Crippen LogP contribution in [-0.2, 0) is 9.53 Å². The Morgan fingerprint density at radius 1 is 1.44 bits per heavy atom. The van der Waals surface area contributed by atoms with E-state index in [1.54, 1.807) is 0 Å². The van der Waals surface area contributed by atoms with Crippen LogP contribution in [0.4, 0.5) is 0 Å². The second kappa shape index (κ2) is 3.60. The number of rotatable bonds is 0. The molecule has 18 heavy (non-hydrogen) atoms. The Morgan fingerprint density at radius 3 is 2.89 bits per heavy atom. The van der Waals surface area contributed by atoms with Crippen LogP contribution in [0.25, 0.3) is 0 Å². The molecule has 3 heteroatoms. The maximum atomic E-state index is 11.7. The van der Waals surface area contributed by atoms with Crippen molar-refractivity contribution in [2.45, 2.75) is 64.6 Å². The van der Waals surface area contributed by atoms with Crippen molar-refractivity contribution in [2.24, 2.45) is 11.3 Å². The summed E-state index contributed by atoms with van der Waals surface area (Å²) in [6.07, 6.45) is 4.61. The summed E-state index contributed by atoms with van der Waals surface area (Å²) in [6, 6.07) is 0. The predicted molar refractivity (Wildman–Crippen MR) is 67.9 cm³/mol. The summed E-state index contributed by atoms with van der Waals surface area (Å²) in [6.45, 7) is 6.14. The van der Waals surface area contributed by atoms with Gasteiger partial charge in [-0.1, -0.05) is 20.3 Å². The summed E-state index contributed by atoms with van der Waals surface area (Å²) < 4.78 is 5.45. The summed E-state index contributed by atoms with van der Waals surface area (Å²) in [5.41, 5.74) is 1.01. The Labute approximate surface area is 108 Å². The highest BCUT2D eigenvalue weighted by Crippen LogP contribution is 2.58. The third kappa shape index (κ3) is 1.37. The molecule has 4 atom stereocenters. The van der Waals surface area contributed by atoms with Crippen LogP contribution in [0.1, 0.15) is 52.9 Å². The Hall–Kier alpha value is -0.830. The van der Waals surface area contributed by atoms with E-state index in [1.807, 2.05) is 6.92 Å². The van der Waals surface area contributed by atoms with Crippen molar-refractivity contribution in [1.29, 1.82) is 0 Å². The van der Waals surface area contributed by atoms with Crippen molar-refractivity contribution < 1.29 is 14.6 Å². The molecule has 2 fully saturated rings. The highest BCUT2D eigenvalue weighted by atomic mass is 16.5. The first-order valence-corrected chi connectivity index (χ1v) is 7.00. The number of carbonyl (C=O) groups excluding carboxylic acids is 1. The van der Waals surface area contributed by atoms with Gasteiger partial charge in [-0.3, -0.25) is 0 Å². The van der Waals surface area contributed by atoms with Crippen LogP contribution in [0.3, 0.4) is 0 Å². The van der Waals surface area contributed by atoms with Crippen LogP contribution >= 0.6 is 0 Å². The molecule has 0 aromatic carbocycles. The second-order valence-electron chi connectivity index (χ2n) is 6.70. The standard InChI is InChI=1S/C15H22O3/c1-9-5-4-6-14(3)8-12-11(7-15(9,14)17)10(2)13(16)18-12/h9,12,17H,4-8H2,1-3H3/t9-,12-,14-,15-/m0/s1. The van der Waals surface area contributed by atoms with Crippen molar-refractivity contribution in [1.82, 2.24) is 0 Å². The number of fused-ring (bicyclic) bond motifs is 2. The van der Waals surface area contributed by atoms with Crippen LogP contribution in [0.2, 0.25) is 0 Å². The first-order valence-electron chi connectivity index (χ1n) is 7.00. The summed E-state index contributed by atoms with van der Waals surface area (Å²) in [5, 5.41) is 11.2. The molecule has 1 heterocycles. The van der Waals surface area contributed by atoms with E-state index in [0.29, 0.717) is 12.3 Å². The quantitative estimate of drug-likeness (QED) is 0.672. The molecule has 0 bridgehead atoms. The number of hydrogen-bond donors (Lipinski definition) is 1. The minimum absolute atomic E-state index is 0.0759. The molecule has 0 saturated heterocycles. The van der Waals surface area contributed by atoms with Gasteiger partial charge in [0.2, 0.25) is 0 Å². The van der Waals surface area contributed by atoms with E-state index in [1.165, 1.54) is 6.42 Å². The molecular formula is C15H22O3. The van der Waals surface area contributed by atoms with Crippen LogP contribution in [0, 0.1) is 11.3 Å². The molecule has 1 aliphatic heterocycles. The maximum Gasteiger partial charge on any atom is 0.334 e. The lowest BCUT2D eigenvalue weighted by atomic mass is 9.52. The fourth-order valence-electron chi connectivity index (χ4n) is 4.29. The van der Waals surface area contributed by atoms with E-state index in [-0.39, 0.29) is 17.5 Å². The van der Waals surface area contributed by atoms with Gasteiger partial charge in [-0.2, -0.15) is 0 Å². The van der Waals surface area contributed by atoms with E-state index in [0.717, 1.165) is 30.4 Å². The zero-order valence-corrected chi connectivity index (χ0v) is 11.5. The molecule has 3 nitrogen and oxygen atoms in total. The van der Waals surface area contributed by atoms with Gasteiger partial charge in [-0.25, -0.2) is 4.79 Å². The minimum Gasteiger partial charge on any atom is -0.454 e. The Bertz CT molecular complexity index is 439. The fourth-order valence-corrected chi connectivity index (χ4v) is 4.29. The molecule has 0 aromatic heterocycles. The number of hydrogen-bond acceptors (Lipinski definition) is 3. The lowest BCUT2D eigenvalue weighted by Crippen LogP contribution is -2.58. The van der Waals surface area contributed by atoms with Gasteiger partial charge >= 0.3 is 5.97 Å². The average Bonchev–Trinajstić information content (AvgIpc) is 2.55. The molecule has 0 radical (unpaired) electrons. The van der Waals surface area contributed by atoms with Crippen molar-refractivity contribution >= 4 is 5.97 Å². The van der Waals surface area contributed by atoms with Gasteiger partial charge in [0.1, 0.15) is 6.10 Å². The number of esters is 1. The first-order chi connectivity index (χ1) is 8.37. The third-order valence-electron chi connectivity index (χ3n) is 5.75. The molecule has 0 aromatic rings. The summed E-state index contributed by atoms with van der Waals surface area (Å²) in [7, 11) is 0. The minimum atomic E-state index is -0.660. The van der Waals surface area contributed by atoms with Gasteiger partial charge < -0.3 is 9.84 Å². The van der Waals surface area contributed by atoms with Crippen molar-refractivity contribution in [3.05, 3.63) is 11.1 Å². The van der Waals surface area contributed by atoms with Crippen molar-refractivity contribution in [3.63, 3.8) is 0 Å². The van der Waals surface area contributed by atoms with Gasteiger partial charge in [0.25, 0.3) is 0 Å². The van der Waals surface area contributed by atoms with Gasteiger partial charge in [0, 0.05) is 17.4 Å². The van der Waals surface area contributed by atoms with Crippen LogP contribution < -0.4 is 0 Å². The number of carbonyl (C=O) groups is 1. The molecule has 0 amide bonds. The average molecular weight is 250 g/mol. The second-order valence-corrected chi connectivity index (χ2v) is 6.70. The highest BCUT2D eigenvalue weighted by molar-refractivity contribution is 5.91. The molecule has 100 valence electrons. The molecular weight excluding hydrogens is 228 g/mol. The number of aliphatic hydroxyl groups is 1. The molecule has 3 aliphatic rings. The topological polar surface area (TPSA) is 46.5 Å². The zero-order chi connectivity index (χ0) is 13.1. The summed E-state index contributed by atoms with van der Waals surface area (Å²) >= 11 is 0. The largest absolute Gasteiger partial charge is 0.454 e. The molecule has 2 aliphatic carbocycles.